The molecule has 0 aliphatic heterocycles. The van der Waals surface area contributed by atoms with Crippen LogP contribution in [0.5, 0.6) is 11.5 Å². The minimum atomic E-state index is -0.269. The van der Waals surface area contributed by atoms with Crippen molar-refractivity contribution in [3.05, 3.63) is 30.2 Å². The Morgan fingerprint density at radius 2 is 1.88 bits per heavy atom. The lowest BCUT2D eigenvalue weighted by molar-refractivity contribution is -0.139. The minimum absolute atomic E-state index is 0.242. The highest BCUT2D eigenvalue weighted by atomic mass is 16.5. The SMILES string of the molecule is COC(=O)C[CH]c1ccc(OC)c(OC)c1. The molecule has 0 atom stereocenters. The van der Waals surface area contributed by atoms with Crippen LogP contribution in [-0.2, 0) is 9.53 Å². The van der Waals surface area contributed by atoms with Gasteiger partial charge >= 0.3 is 5.97 Å². The Balaban J connectivity index is 2.71. The summed E-state index contributed by atoms with van der Waals surface area (Å²) in [6, 6.07) is 5.45. The van der Waals surface area contributed by atoms with Crippen LogP contribution in [0, 0.1) is 6.42 Å². The summed E-state index contributed by atoms with van der Waals surface area (Å²) >= 11 is 0. The van der Waals surface area contributed by atoms with Crippen molar-refractivity contribution in [3.8, 4) is 11.5 Å². The maximum atomic E-state index is 11.0. The smallest absolute Gasteiger partial charge is 0.306 e. The Kier molecular flexibility index (Phi) is 4.64. The van der Waals surface area contributed by atoms with Gasteiger partial charge in [0.2, 0.25) is 0 Å². The number of esters is 1. The van der Waals surface area contributed by atoms with Gasteiger partial charge in [-0.25, -0.2) is 0 Å². The van der Waals surface area contributed by atoms with Gasteiger partial charge < -0.3 is 14.2 Å². The van der Waals surface area contributed by atoms with E-state index in [1.165, 1.54) is 7.11 Å². The monoisotopic (exact) mass is 223 g/mol. The maximum absolute atomic E-state index is 11.0. The molecule has 4 heteroatoms. The quantitative estimate of drug-likeness (QED) is 0.714. The van der Waals surface area contributed by atoms with Crippen LogP contribution in [0.4, 0.5) is 0 Å². The molecule has 0 aliphatic carbocycles. The normalized spacial score (nSPS) is 9.69. The van der Waals surface area contributed by atoms with Crippen LogP contribution in [0.25, 0.3) is 0 Å². The molecule has 1 aromatic carbocycles. The fourth-order valence-electron chi connectivity index (χ4n) is 1.26. The number of carbonyl (C=O) groups is 1. The Labute approximate surface area is 95.1 Å². The maximum Gasteiger partial charge on any atom is 0.306 e. The molecular formula is C12H15O4. The molecule has 16 heavy (non-hydrogen) atoms. The Morgan fingerprint density at radius 1 is 1.19 bits per heavy atom. The van der Waals surface area contributed by atoms with Crippen LogP contribution in [0.1, 0.15) is 12.0 Å². The average molecular weight is 223 g/mol. The van der Waals surface area contributed by atoms with E-state index in [2.05, 4.69) is 4.74 Å². The first kappa shape index (κ1) is 12.4. The van der Waals surface area contributed by atoms with Crippen LogP contribution in [0.3, 0.4) is 0 Å². The van der Waals surface area contributed by atoms with E-state index in [1.54, 1.807) is 26.7 Å². The number of benzene rings is 1. The van der Waals surface area contributed by atoms with Gasteiger partial charge in [0.25, 0.3) is 0 Å². The summed E-state index contributed by atoms with van der Waals surface area (Å²) in [4.78, 5) is 11.0. The number of hydrogen-bond donors (Lipinski definition) is 0. The largest absolute Gasteiger partial charge is 0.493 e. The molecule has 0 aromatic heterocycles. The third-order valence-corrected chi connectivity index (χ3v) is 2.14. The Morgan fingerprint density at radius 3 is 2.44 bits per heavy atom. The van der Waals surface area contributed by atoms with Gasteiger partial charge in [-0.05, 0) is 17.7 Å². The molecule has 1 radical (unpaired) electrons. The van der Waals surface area contributed by atoms with E-state index in [0.29, 0.717) is 11.5 Å². The molecule has 0 aliphatic rings. The van der Waals surface area contributed by atoms with Crippen LogP contribution in [0.15, 0.2) is 18.2 Å². The van der Waals surface area contributed by atoms with E-state index < -0.39 is 0 Å². The molecule has 0 fully saturated rings. The standard InChI is InChI=1S/C12H15O4/c1-14-10-6-4-9(8-11(10)15-2)5-7-12(13)16-3/h4-6,8H,7H2,1-3H3. The second kappa shape index (κ2) is 6.00. The van der Waals surface area contributed by atoms with Crippen molar-refractivity contribution in [1.82, 2.24) is 0 Å². The van der Waals surface area contributed by atoms with E-state index >= 15 is 0 Å². The molecule has 87 valence electrons. The van der Waals surface area contributed by atoms with Crippen molar-refractivity contribution < 1.29 is 19.0 Å². The summed E-state index contributed by atoms with van der Waals surface area (Å²) < 4.78 is 14.8. The first-order valence-electron chi connectivity index (χ1n) is 4.83. The zero-order valence-corrected chi connectivity index (χ0v) is 9.65. The number of rotatable bonds is 5. The zero-order chi connectivity index (χ0) is 12.0. The molecule has 0 N–H and O–H groups in total. The summed E-state index contributed by atoms with van der Waals surface area (Å²) in [6.07, 6.45) is 2.01. The van der Waals surface area contributed by atoms with Gasteiger partial charge in [-0.15, -0.1) is 0 Å². The molecule has 0 spiro atoms. The third kappa shape index (κ3) is 3.15. The summed E-state index contributed by atoms with van der Waals surface area (Å²) in [6.45, 7) is 0. The summed E-state index contributed by atoms with van der Waals surface area (Å²) in [7, 11) is 4.52. The van der Waals surface area contributed by atoms with Gasteiger partial charge in [0.05, 0.1) is 27.8 Å². The highest BCUT2D eigenvalue weighted by Crippen LogP contribution is 2.28. The third-order valence-electron chi connectivity index (χ3n) is 2.14. The van der Waals surface area contributed by atoms with Gasteiger partial charge in [0.1, 0.15) is 0 Å². The number of ether oxygens (including phenoxy) is 3. The Bertz CT molecular complexity index is 360. The Hall–Kier alpha value is -1.71. The molecule has 0 bridgehead atoms. The lowest BCUT2D eigenvalue weighted by atomic mass is 10.1. The first-order valence-corrected chi connectivity index (χ1v) is 4.83. The summed E-state index contributed by atoms with van der Waals surface area (Å²) in [5.41, 5.74) is 0.892. The predicted molar refractivity (Wildman–Crippen MR) is 59.6 cm³/mol. The molecule has 0 saturated heterocycles. The lowest BCUT2D eigenvalue weighted by Crippen LogP contribution is -2.00. The first-order chi connectivity index (χ1) is 7.71. The fraction of sp³-hybridized carbons (Fsp3) is 0.333. The van der Waals surface area contributed by atoms with Gasteiger partial charge in [-0.3, -0.25) is 4.79 Å². The number of methoxy groups -OCH3 is 3. The van der Waals surface area contributed by atoms with Crippen LogP contribution >= 0.6 is 0 Å². The van der Waals surface area contributed by atoms with Crippen LogP contribution < -0.4 is 9.47 Å². The van der Waals surface area contributed by atoms with Crippen molar-refractivity contribution in [2.24, 2.45) is 0 Å². The molecule has 1 aromatic rings. The van der Waals surface area contributed by atoms with Gasteiger partial charge in [0.15, 0.2) is 11.5 Å². The molecule has 0 amide bonds. The van der Waals surface area contributed by atoms with E-state index in [-0.39, 0.29) is 12.4 Å². The van der Waals surface area contributed by atoms with Crippen molar-refractivity contribution in [1.29, 1.82) is 0 Å². The summed E-state index contributed by atoms with van der Waals surface area (Å²) in [5.74, 6) is 1.04. The topological polar surface area (TPSA) is 44.8 Å². The molecule has 1 rings (SSSR count). The van der Waals surface area contributed by atoms with Gasteiger partial charge in [-0.1, -0.05) is 6.07 Å². The molecule has 4 nitrogen and oxygen atoms in total. The molecular weight excluding hydrogens is 208 g/mol. The van der Waals surface area contributed by atoms with E-state index in [9.17, 15) is 4.79 Å². The minimum Gasteiger partial charge on any atom is -0.493 e. The number of carbonyl (C=O) groups excluding carboxylic acids is 1. The predicted octanol–water partition coefficient (Wildman–Crippen LogP) is 1.82. The van der Waals surface area contributed by atoms with E-state index in [1.807, 2.05) is 12.1 Å². The van der Waals surface area contributed by atoms with E-state index in [4.69, 9.17) is 9.47 Å². The van der Waals surface area contributed by atoms with Gasteiger partial charge in [0, 0.05) is 6.42 Å². The number of hydrogen-bond acceptors (Lipinski definition) is 4. The highest BCUT2D eigenvalue weighted by Gasteiger charge is 2.06. The van der Waals surface area contributed by atoms with Crippen molar-refractivity contribution in [3.63, 3.8) is 0 Å². The van der Waals surface area contributed by atoms with Crippen molar-refractivity contribution in [2.75, 3.05) is 21.3 Å². The van der Waals surface area contributed by atoms with Crippen molar-refractivity contribution in [2.45, 2.75) is 6.42 Å². The second-order valence-corrected chi connectivity index (χ2v) is 3.10. The highest BCUT2D eigenvalue weighted by molar-refractivity contribution is 5.71. The zero-order valence-electron chi connectivity index (χ0n) is 9.65. The summed E-state index contributed by atoms with van der Waals surface area (Å²) in [5, 5.41) is 0. The lowest BCUT2D eigenvalue weighted by Gasteiger charge is -2.08. The molecule has 0 heterocycles. The molecule has 0 saturated carbocycles. The molecule has 0 unspecified atom stereocenters. The van der Waals surface area contributed by atoms with Gasteiger partial charge in [-0.2, -0.15) is 0 Å². The van der Waals surface area contributed by atoms with Crippen LogP contribution in [-0.4, -0.2) is 27.3 Å². The second-order valence-electron chi connectivity index (χ2n) is 3.10. The fourth-order valence-corrected chi connectivity index (χ4v) is 1.26. The van der Waals surface area contributed by atoms with Crippen LogP contribution in [0.2, 0.25) is 0 Å². The van der Waals surface area contributed by atoms with E-state index in [0.717, 1.165) is 5.56 Å². The van der Waals surface area contributed by atoms with Crippen molar-refractivity contribution >= 4 is 5.97 Å². The average Bonchev–Trinajstić information content (AvgIpc) is 2.35.